The Balaban J connectivity index is 2.59. The second-order valence-corrected chi connectivity index (χ2v) is 8.49. The smallest absolute Gasteiger partial charge is 0.00772 e. The maximum absolute atomic E-state index is 5.69. The predicted molar refractivity (Wildman–Crippen MR) is 95.3 cm³/mol. The summed E-state index contributed by atoms with van der Waals surface area (Å²) in [6.45, 7) is 19.6. The third-order valence-electron chi connectivity index (χ3n) is 6.92. The highest BCUT2D eigenvalue weighted by Crippen LogP contribution is 2.55. The van der Waals surface area contributed by atoms with E-state index in [0.29, 0.717) is 10.8 Å². The first-order valence-electron chi connectivity index (χ1n) is 9.07. The van der Waals surface area contributed by atoms with Gasteiger partial charge in [-0.05, 0) is 67.2 Å². The normalized spacial score (nSPS) is 26.5. The van der Waals surface area contributed by atoms with Crippen LogP contribution in [0.4, 0.5) is 0 Å². The lowest BCUT2D eigenvalue weighted by Crippen LogP contribution is -2.34. The molecule has 2 N–H and O–H groups in total. The third-order valence-corrected chi connectivity index (χ3v) is 6.92. The zero-order valence-electron chi connectivity index (χ0n) is 15.5. The van der Waals surface area contributed by atoms with Gasteiger partial charge in [0, 0.05) is 0 Å². The molecule has 1 heteroatoms. The second kappa shape index (κ2) is 7.31. The van der Waals surface area contributed by atoms with Crippen molar-refractivity contribution in [1.29, 1.82) is 0 Å². The minimum Gasteiger partial charge on any atom is -0.330 e. The number of rotatable bonds is 10. The van der Waals surface area contributed by atoms with Gasteiger partial charge < -0.3 is 5.73 Å². The molecule has 1 saturated carbocycles. The molecule has 0 aromatic carbocycles. The Morgan fingerprint density at radius 1 is 1.29 bits per heavy atom. The van der Waals surface area contributed by atoms with Crippen LogP contribution >= 0.6 is 0 Å². The Hall–Kier alpha value is -0.300. The first kappa shape index (κ1) is 18.7. The number of hydrogen-bond acceptors (Lipinski definition) is 1. The fourth-order valence-electron chi connectivity index (χ4n) is 3.86. The van der Waals surface area contributed by atoms with Crippen molar-refractivity contribution in [3.63, 3.8) is 0 Å². The highest BCUT2D eigenvalue weighted by molar-refractivity contribution is 5.27. The molecule has 0 aromatic rings. The Bertz CT molecular complexity index is 344. The van der Waals surface area contributed by atoms with Gasteiger partial charge in [-0.15, -0.1) is 0 Å². The van der Waals surface area contributed by atoms with Crippen molar-refractivity contribution < 1.29 is 0 Å². The molecule has 0 radical (unpaired) electrons. The average molecular weight is 294 g/mol. The molecule has 0 spiro atoms. The van der Waals surface area contributed by atoms with E-state index in [1.54, 1.807) is 0 Å². The van der Waals surface area contributed by atoms with E-state index in [1.807, 2.05) is 0 Å². The molecular formula is C20H39N. The van der Waals surface area contributed by atoms with Gasteiger partial charge in [0.1, 0.15) is 0 Å². The van der Waals surface area contributed by atoms with Gasteiger partial charge in [0.05, 0.1) is 0 Å². The first-order valence-corrected chi connectivity index (χ1v) is 9.07. The van der Waals surface area contributed by atoms with Gasteiger partial charge >= 0.3 is 0 Å². The fraction of sp³-hybridized carbons (Fsp3) is 0.900. The van der Waals surface area contributed by atoms with E-state index in [0.717, 1.165) is 30.7 Å². The van der Waals surface area contributed by atoms with Crippen LogP contribution in [0.15, 0.2) is 12.2 Å². The van der Waals surface area contributed by atoms with E-state index in [2.05, 4.69) is 48.1 Å². The quantitative estimate of drug-likeness (QED) is 0.506. The molecule has 0 saturated heterocycles. The van der Waals surface area contributed by atoms with Crippen molar-refractivity contribution in [2.24, 2.45) is 34.3 Å². The topological polar surface area (TPSA) is 26.0 Å². The van der Waals surface area contributed by atoms with Crippen LogP contribution in [0.5, 0.6) is 0 Å². The van der Waals surface area contributed by atoms with Crippen LogP contribution in [0.3, 0.4) is 0 Å². The molecular weight excluding hydrogens is 254 g/mol. The van der Waals surface area contributed by atoms with Gasteiger partial charge in [-0.3, -0.25) is 0 Å². The summed E-state index contributed by atoms with van der Waals surface area (Å²) in [4.78, 5) is 0. The zero-order chi connectivity index (χ0) is 16.3. The zero-order valence-corrected chi connectivity index (χ0v) is 15.5. The summed E-state index contributed by atoms with van der Waals surface area (Å²) in [5.41, 5.74) is 8.04. The van der Waals surface area contributed by atoms with E-state index in [9.17, 15) is 0 Å². The van der Waals surface area contributed by atoms with Crippen molar-refractivity contribution in [2.45, 2.75) is 80.1 Å². The van der Waals surface area contributed by atoms with Crippen LogP contribution in [0.1, 0.15) is 80.1 Å². The third kappa shape index (κ3) is 4.58. The van der Waals surface area contributed by atoms with Gasteiger partial charge in [0.15, 0.2) is 0 Å². The molecule has 0 amide bonds. The lowest BCUT2D eigenvalue weighted by molar-refractivity contribution is 0.0741. The Kier molecular flexibility index (Phi) is 6.53. The molecule has 1 nitrogen and oxygen atoms in total. The summed E-state index contributed by atoms with van der Waals surface area (Å²) in [5, 5.41) is 0. The minimum absolute atomic E-state index is 0.400. The molecule has 21 heavy (non-hydrogen) atoms. The Morgan fingerprint density at radius 3 is 2.29 bits per heavy atom. The van der Waals surface area contributed by atoms with E-state index in [-0.39, 0.29) is 0 Å². The van der Waals surface area contributed by atoms with Crippen molar-refractivity contribution in [1.82, 2.24) is 0 Å². The van der Waals surface area contributed by atoms with Crippen LogP contribution in [0.2, 0.25) is 0 Å². The van der Waals surface area contributed by atoms with Crippen LogP contribution < -0.4 is 5.73 Å². The molecule has 0 heterocycles. The van der Waals surface area contributed by atoms with Crippen molar-refractivity contribution >= 4 is 0 Å². The average Bonchev–Trinajstić information content (AvgIpc) is 3.03. The maximum Gasteiger partial charge on any atom is -0.00772 e. The summed E-state index contributed by atoms with van der Waals surface area (Å²) in [6.07, 6.45) is 7.68. The molecule has 0 aromatic heterocycles. The number of allylic oxidation sites excluding steroid dienone is 1. The summed E-state index contributed by atoms with van der Waals surface area (Å²) >= 11 is 0. The summed E-state index contributed by atoms with van der Waals surface area (Å²) in [5.74, 6) is 2.35. The Morgan fingerprint density at radius 2 is 1.86 bits per heavy atom. The van der Waals surface area contributed by atoms with Crippen LogP contribution in [0.25, 0.3) is 0 Å². The fourth-order valence-corrected chi connectivity index (χ4v) is 3.86. The molecule has 1 rings (SSSR count). The van der Waals surface area contributed by atoms with Gasteiger partial charge in [0.25, 0.3) is 0 Å². The molecule has 0 bridgehead atoms. The van der Waals surface area contributed by atoms with Crippen molar-refractivity contribution in [2.75, 3.05) is 6.54 Å². The minimum atomic E-state index is 0.400. The van der Waals surface area contributed by atoms with Crippen molar-refractivity contribution in [3.05, 3.63) is 12.2 Å². The van der Waals surface area contributed by atoms with E-state index >= 15 is 0 Å². The molecule has 1 fully saturated rings. The van der Waals surface area contributed by atoms with Crippen LogP contribution in [-0.4, -0.2) is 6.54 Å². The van der Waals surface area contributed by atoms with E-state index < -0.39 is 0 Å². The van der Waals surface area contributed by atoms with Crippen molar-refractivity contribution in [3.8, 4) is 0 Å². The second-order valence-electron chi connectivity index (χ2n) is 8.49. The number of nitrogens with two attached hydrogens (primary N) is 1. The summed E-state index contributed by atoms with van der Waals surface area (Å²) in [6, 6.07) is 0. The summed E-state index contributed by atoms with van der Waals surface area (Å²) in [7, 11) is 0. The predicted octanol–water partition coefficient (Wildman–Crippen LogP) is 5.80. The van der Waals surface area contributed by atoms with E-state index in [4.69, 9.17) is 5.73 Å². The largest absolute Gasteiger partial charge is 0.330 e. The monoisotopic (exact) mass is 293 g/mol. The van der Waals surface area contributed by atoms with Crippen LogP contribution in [0, 0.1) is 28.6 Å². The van der Waals surface area contributed by atoms with Gasteiger partial charge in [-0.25, -0.2) is 0 Å². The van der Waals surface area contributed by atoms with Crippen LogP contribution in [-0.2, 0) is 0 Å². The van der Waals surface area contributed by atoms with Gasteiger partial charge in [-0.2, -0.15) is 0 Å². The van der Waals surface area contributed by atoms with Gasteiger partial charge in [0.2, 0.25) is 0 Å². The standard InChI is InChI=1S/C20H39N/c1-8-18(11-12-20(7)14-16(20)3)17(4)19(5,6)15(2)10-9-13-21/h15,17-18H,3,8-14,21H2,1-2,4-7H3. The highest BCUT2D eigenvalue weighted by Gasteiger charge is 2.43. The lowest BCUT2D eigenvalue weighted by atomic mass is 9.63. The molecule has 1 aliphatic rings. The van der Waals surface area contributed by atoms with Gasteiger partial charge in [-0.1, -0.05) is 60.1 Å². The summed E-state index contributed by atoms with van der Waals surface area (Å²) < 4.78 is 0. The molecule has 4 unspecified atom stereocenters. The lowest BCUT2D eigenvalue weighted by Gasteiger charge is -2.42. The highest BCUT2D eigenvalue weighted by atomic mass is 14.5. The first-order chi connectivity index (χ1) is 9.69. The molecule has 4 atom stereocenters. The maximum atomic E-state index is 5.69. The molecule has 1 aliphatic carbocycles. The number of hydrogen-bond donors (Lipinski definition) is 1. The molecule has 0 aliphatic heterocycles. The molecule has 124 valence electrons. The van der Waals surface area contributed by atoms with E-state index in [1.165, 1.54) is 37.7 Å². The SMILES string of the molecule is C=C1CC1(C)CCC(CC)C(C)C(C)(C)C(C)CCCN. The Labute approximate surface area is 133 Å².